The van der Waals surface area contributed by atoms with Crippen molar-refractivity contribution in [1.29, 1.82) is 0 Å². The molecule has 1 heterocycles. The van der Waals surface area contributed by atoms with Crippen LogP contribution in [0.4, 0.5) is 0 Å². The molecule has 98 valence electrons. The number of aryl methyl sites for hydroxylation is 1. The van der Waals surface area contributed by atoms with Crippen molar-refractivity contribution < 1.29 is 9.32 Å². The third-order valence-electron chi connectivity index (χ3n) is 2.55. The van der Waals surface area contributed by atoms with E-state index >= 15 is 0 Å². The van der Waals surface area contributed by atoms with E-state index in [1.807, 2.05) is 30.3 Å². The van der Waals surface area contributed by atoms with E-state index in [0.717, 1.165) is 5.56 Å². The van der Waals surface area contributed by atoms with Crippen molar-refractivity contribution in [2.24, 2.45) is 5.73 Å². The standard InChI is InChI=1S/C13H13N3O2S/c1-8-7-10(16-18-8)13(17)15-11(12(14)19)9-5-3-2-4-6-9/h2-7,11H,1H3,(H2,14,19)(H,15,17). The van der Waals surface area contributed by atoms with Crippen LogP contribution in [0.1, 0.15) is 27.9 Å². The summed E-state index contributed by atoms with van der Waals surface area (Å²) in [7, 11) is 0. The highest BCUT2D eigenvalue weighted by Gasteiger charge is 2.19. The van der Waals surface area contributed by atoms with Crippen molar-refractivity contribution in [2.75, 3.05) is 0 Å². The van der Waals surface area contributed by atoms with Crippen LogP contribution in [0.15, 0.2) is 40.9 Å². The summed E-state index contributed by atoms with van der Waals surface area (Å²) in [4.78, 5) is 12.2. The van der Waals surface area contributed by atoms with Crippen molar-refractivity contribution in [3.05, 3.63) is 53.4 Å². The topological polar surface area (TPSA) is 81.2 Å². The first-order chi connectivity index (χ1) is 9.08. The third kappa shape index (κ3) is 3.17. The number of benzene rings is 1. The van der Waals surface area contributed by atoms with Crippen LogP contribution >= 0.6 is 12.2 Å². The minimum atomic E-state index is -0.527. The molecular weight excluding hydrogens is 262 g/mol. The summed E-state index contributed by atoms with van der Waals surface area (Å²) in [6, 6.07) is 10.3. The molecule has 19 heavy (non-hydrogen) atoms. The van der Waals surface area contributed by atoms with Gasteiger partial charge in [0.15, 0.2) is 5.69 Å². The Balaban J connectivity index is 2.18. The van der Waals surface area contributed by atoms with Gasteiger partial charge in [0.2, 0.25) is 0 Å². The maximum absolute atomic E-state index is 12.0. The molecule has 3 N–H and O–H groups in total. The monoisotopic (exact) mass is 275 g/mol. The number of carbonyl (C=O) groups excluding carboxylic acids is 1. The van der Waals surface area contributed by atoms with Crippen LogP contribution in [0.2, 0.25) is 0 Å². The van der Waals surface area contributed by atoms with Gasteiger partial charge in [-0.25, -0.2) is 0 Å². The molecular formula is C13H13N3O2S. The average Bonchev–Trinajstić information content (AvgIpc) is 2.83. The van der Waals surface area contributed by atoms with Crippen molar-refractivity contribution in [2.45, 2.75) is 13.0 Å². The van der Waals surface area contributed by atoms with Gasteiger partial charge in [0.25, 0.3) is 5.91 Å². The van der Waals surface area contributed by atoms with Gasteiger partial charge in [-0.3, -0.25) is 4.79 Å². The maximum Gasteiger partial charge on any atom is 0.274 e. The van der Waals surface area contributed by atoms with Crippen molar-refractivity contribution in [1.82, 2.24) is 10.5 Å². The van der Waals surface area contributed by atoms with Crippen molar-refractivity contribution >= 4 is 23.1 Å². The lowest BCUT2D eigenvalue weighted by Gasteiger charge is -2.16. The van der Waals surface area contributed by atoms with Crippen LogP contribution in [0.25, 0.3) is 0 Å². The van der Waals surface area contributed by atoms with Gasteiger partial charge < -0.3 is 15.6 Å². The number of hydrogen-bond donors (Lipinski definition) is 2. The van der Waals surface area contributed by atoms with Crippen LogP contribution in [0, 0.1) is 6.92 Å². The molecule has 1 aromatic heterocycles. The summed E-state index contributed by atoms with van der Waals surface area (Å²) >= 11 is 4.99. The number of nitrogens with two attached hydrogens (primary N) is 1. The normalized spacial score (nSPS) is 11.8. The number of carbonyl (C=O) groups is 1. The lowest BCUT2D eigenvalue weighted by molar-refractivity contribution is 0.0937. The fourth-order valence-corrected chi connectivity index (χ4v) is 1.84. The Bertz CT molecular complexity index is 595. The Morgan fingerprint density at radius 2 is 2.11 bits per heavy atom. The highest BCUT2D eigenvalue weighted by molar-refractivity contribution is 7.80. The molecule has 0 fully saturated rings. The van der Waals surface area contributed by atoms with Gasteiger partial charge in [-0.15, -0.1) is 0 Å². The molecule has 6 heteroatoms. The smallest absolute Gasteiger partial charge is 0.274 e. The van der Waals surface area contributed by atoms with E-state index < -0.39 is 6.04 Å². The van der Waals surface area contributed by atoms with E-state index in [1.54, 1.807) is 13.0 Å². The van der Waals surface area contributed by atoms with Crippen LogP contribution in [-0.2, 0) is 0 Å². The zero-order valence-corrected chi connectivity index (χ0v) is 11.1. The molecule has 5 nitrogen and oxygen atoms in total. The van der Waals surface area contributed by atoms with Crippen LogP contribution < -0.4 is 11.1 Å². The number of rotatable bonds is 4. The summed E-state index contributed by atoms with van der Waals surface area (Å²) in [5.74, 6) is 0.190. The molecule has 0 spiro atoms. The van der Waals surface area contributed by atoms with Gasteiger partial charge in [0, 0.05) is 6.07 Å². The molecule has 0 saturated heterocycles. The first kappa shape index (κ1) is 13.2. The number of nitrogens with one attached hydrogen (secondary N) is 1. The molecule has 2 aromatic rings. The summed E-state index contributed by atoms with van der Waals surface area (Å²) in [5, 5.41) is 6.39. The number of aromatic nitrogens is 1. The van der Waals surface area contributed by atoms with Gasteiger partial charge in [-0.1, -0.05) is 47.7 Å². The van der Waals surface area contributed by atoms with Crippen molar-refractivity contribution in [3.63, 3.8) is 0 Å². The molecule has 0 aliphatic carbocycles. The SMILES string of the molecule is Cc1cc(C(=O)NC(C(N)=S)c2ccccc2)no1. The summed E-state index contributed by atoms with van der Waals surface area (Å²) < 4.78 is 4.86. The highest BCUT2D eigenvalue weighted by Crippen LogP contribution is 2.14. The fourth-order valence-electron chi connectivity index (χ4n) is 1.64. The Labute approximate surface area is 115 Å². The zero-order valence-electron chi connectivity index (χ0n) is 10.3. The average molecular weight is 275 g/mol. The van der Waals surface area contributed by atoms with E-state index in [0.29, 0.717) is 5.76 Å². The van der Waals surface area contributed by atoms with Crippen LogP contribution in [-0.4, -0.2) is 16.1 Å². The number of amides is 1. The van der Waals surface area contributed by atoms with E-state index in [1.165, 1.54) is 0 Å². The van der Waals surface area contributed by atoms with E-state index in [2.05, 4.69) is 10.5 Å². The Morgan fingerprint density at radius 1 is 1.42 bits per heavy atom. The second-order valence-electron chi connectivity index (χ2n) is 4.04. The van der Waals surface area contributed by atoms with Gasteiger partial charge in [0.1, 0.15) is 16.8 Å². The third-order valence-corrected chi connectivity index (χ3v) is 2.79. The molecule has 1 aromatic carbocycles. The summed E-state index contributed by atoms with van der Waals surface area (Å²) in [6.07, 6.45) is 0. The lowest BCUT2D eigenvalue weighted by atomic mass is 10.1. The fraction of sp³-hybridized carbons (Fsp3) is 0.154. The molecule has 1 unspecified atom stereocenters. The molecule has 2 rings (SSSR count). The first-order valence-corrected chi connectivity index (χ1v) is 6.07. The first-order valence-electron chi connectivity index (χ1n) is 5.66. The summed E-state index contributed by atoms with van der Waals surface area (Å²) in [5.41, 5.74) is 6.70. The van der Waals surface area contributed by atoms with E-state index in [-0.39, 0.29) is 16.6 Å². The molecule has 1 amide bonds. The largest absolute Gasteiger partial charge is 0.391 e. The quantitative estimate of drug-likeness (QED) is 0.831. The lowest BCUT2D eigenvalue weighted by Crippen LogP contribution is -2.36. The van der Waals surface area contributed by atoms with Gasteiger partial charge in [-0.05, 0) is 12.5 Å². The van der Waals surface area contributed by atoms with Crippen LogP contribution in [0.5, 0.6) is 0 Å². The molecule has 1 atom stereocenters. The van der Waals surface area contributed by atoms with Gasteiger partial charge in [0.05, 0.1) is 0 Å². The predicted molar refractivity (Wildman–Crippen MR) is 74.7 cm³/mol. The molecule has 0 bridgehead atoms. The molecule has 0 saturated carbocycles. The molecule has 0 aliphatic rings. The summed E-state index contributed by atoms with van der Waals surface area (Å²) in [6.45, 7) is 1.71. The number of nitrogens with zero attached hydrogens (tertiary/aromatic N) is 1. The molecule has 0 aliphatic heterocycles. The Kier molecular flexibility index (Phi) is 3.91. The number of thiocarbonyl (C=S) groups is 1. The molecule has 0 radical (unpaired) electrons. The predicted octanol–water partition coefficient (Wildman–Crippen LogP) is 1.74. The second kappa shape index (κ2) is 5.62. The van der Waals surface area contributed by atoms with Gasteiger partial charge >= 0.3 is 0 Å². The van der Waals surface area contributed by atoms with E-state index in [9.17, 15) is 4.79 Å². The number of hydrogen-bond acceptors (Lipinski definition) is 4. The van der Waals surface area contributed by atoms with E-state index in [4.69, 9.17) is 22.5 Å². The minimum absolute atomic E-state index is 0.194. The van der Waals surface area contributed by atoms with Gasteiger partial charge in [-0.2, -0.15) is 0 Å². The Hall–Kier alpha value is -2.21. The second-order valence-corrected chi connectivity index (χ2v) is 4.51. The minimum Gasteiger partial charge on any atom is -0.391 e. The van der Waals surface area contributed by atoms with Crippen LogP contribution in [0.3, 0.4) is 0 Å². The Morgan fingerprint density at radius 3 is 2.63 bits per heavy atom. The van der Waals surface area contributed by atoms with Crippen molar-refractivity contribution in [3.8, 4) is 0 Å². The maximum atomic E-state index is 12.0. The zero-order chi connectivity index (χ0) is 13.8. The highest BCUT2D eigenvalue weighted by atomic mass is 32.1.